The number of para-hydroxylation sites is 1. The summed E-state index contributed by atoms with van der Waals surface area (Å²) in [5.74, 6) is 1.01. The normalized spacial score (nSPS) is 15.7. The van der Waals surface area contributed by atoms with E-state index in [2.05, 4.69) is 10.1 Å². The van der Waals surface area contributed by atoms with Gasteiger partial charge in [0.1, 0.15) is 5.76 Å². The average molecular weight is 352 g/mol. The molecule has 26 heavy (non-hydrogen) atoms. The number of rotatable bonds is 3. The van der Waals surface area contributed by atoms with E-state index in [1.165, 1.54) is 5.56 Å². The van der Waals surface area contributed by atoms with E-state index in [0.717, 1.165) is 60.6 Å². The lowest BCUT2D eigenvalue weighted by Crippen LogP contribution is -2.48. The predicted octanol–water partition coefficient (Wildman–Crippen LogP) is 2.74. The number of amides is 1. The zero-order valence-corrected chi connectivity index (χ0v) is 15.5. The zero-order valence-electron chi connectivity index (χ0n) is 15.5. The predicted molar refractivity (Wildman–Crippen MR) is 100 cm³/mol. The smallest absolute Gasteiger partial charge is 0.256 e. The Balaban J connectivity index is 1.45. The molecule has 0 radical (unpaired) electrons. The Labute approximate surface area is 153 Å². The molecule has 1 aromatic carbocycles. The fraction of sp³-hybridized carbons (Fsp3) is 0.400. The molecule has 0 saturated carbocycles. The fourth-order valence-electron chi connectivity index (χ4n) is 3.74. The number of nitrogens with zero attached hydrogens (tertiary/aromatic N) is 4. The lowest BCUT2D eigenvalue weighted by molar-refractivity contribution is 0.0629. The molecule has 6 nitrogen and oxygen atoms in total. The molecule has 2 aromatic heterocycles. The standard InChI is InChI=1S/C20H24N4O2/c1-14-17(15(2)26-21-14)13-23-8-10-24(11-9-23)20(25)18-12-22(3)19-7-5-4-6-16(18)19/h4-7,12H,8-11,13H2,1-3H3. The largest absolute Gasteiger partial charge is 0.361 e. The molecule has 3 heterocycles. The van der Waals surface area contributed by atoms with E-state index in [-0.39, 0.29) is 5.91 Å². The van der Waals surface area contributed by atoms with Crippen molar-refractivity contribution in [2.45, 2.75) is 20.4 Å². The van der Waals surface area contributed by atoms with Crippen molar-refractivity contribution >= 4 is 16.8 Å². The van der Waals surface area contributed by atoms with E-state index >= 15 is 0 Å². The van der Waals surface area contributed by atoms with Gasteiger partial charge in [0.05, 0.1) is 11.3 Å². The molecule has 136 valence electrons. The first-order valence-corrected chi connectivity index (χ1v) is 9.02. The minimum Gasteiger partial charge on any atom is -0.361 e. The first-order valence-electron chi connectivity index (χ1n) is 9.02. The topological polar surface area (TPSA) is 54.5 Å². The second-order valence-corrected chi connectivity index (χ2v) is 7.04. The number of benzene rings is 1. The quantitative estimate of drug-likeness (QED) is 0.727. The highest BCUT2D eigenvalue weighted by Gasteiger charge is 2.25. The molecule has 6 heteroatoms. The molecule has 0 aliphatic carbocycles. The van der Waals surface area contributed by atoms with E-state index in [0.29, 0.717) is 0 Å². The van der Waals surface area contributed by atoms with Crippen molar-refractivity contribution in [2.24, 2.45) is 7.05 Å². The lowest BCUT2D eigenvalue weighted by atomic mass is 10.1. The lowest BCUT2D eigenvalue weighted by Gasteiger charge is -2.34. The van der Waals surface area contributed by atoms with E-state index < -0.39 is 0 Å². The third-order valence-electron chi connectivity index (χ3n) is 5.35. The summed E-state index contributed by atoms with van der Waals surface area (Å²) < 4.78 is 7.28. The summed E-state index contributed by atoms with van der Waals surface area (Å²) in [6.45, 7) is 7.97. The molecule has 1 aliphatic heterocycles. The number of aromatic nitrogens is 2. The molecule has 0 N–H and O–H groups in total. The second kappa shape index (κ2) is 6.61. The number of fused-ring (bicyclic) bond motifs is 1. The summed E-state index contributed by atoms with van der Waals surface area (Å²) in [7, 11) is 1.99. The van der Waals surface area contributed by atoms with E-state index in [1.807, 2.05) is 60.8 Å². The Morgan fingerprint density at radius 1 is 1.15 bits per heavy atom. The molecule has 0 bridgehead atoms. The van der Waals surface area contributed by atoms with Gasteiger partial charge in [-0.15, -0.1) is 0 Å². The Morgan fingerprint density at radius 3 is 2.58 bits per heavy atom. The van der Waals surface area contributed by atoms with Gasteiger partial charge < -0.3 is 14.0 Å². The molecule has 0 unspecified atom stereocenters. The van der Waals surface area contributed by atoms with E-state index in [4.69, 9.17) is 4.52 Å². The SMILES string of the molecule is Cc1noc(C)c1CN1CCN(C(=O)c2cn(C)c3ccccc23)CC1. The molecular weight excluding hydrogens is 328 g/mol. The van der Waals surface area contributed by atoms with Gasteiger partial charge in [-0.1, -0.05) is 23.4 Å². The number of hydrogen-bond acceptors (Lipinski definition) is 4. The van der Waals surface area contributed by atoms with Crippen molar-refractivity contribution in [1.29, 1.82) is 0 Å². The van der Waals surface area contributed by atoms with Crippen LogP contribution in [-0.2, 0) is 13.6 Å². The maximum Gasteiger partial charge on any atom is 0.256 e. The molecule has 0 spiro atoms. The van der Waals surface area contributed by atoms with Crippen molar-refractivity contribution in [3.8, 4) is 0 Å². The van der Waals surface area contributed by atoms with Crippen molar-refractivity contribution < 1.29 is 9.32 Å². The van der Waals surface area contributed by atoms with Crippen LogP contribution in [0.4, 0.5) is 0 Å². The van der Waals surface area contributed by atoms with Crippen molar-refractivity contribution in [3.05, 3.63) is 53.0 Å². The summed E-state index contributed by atoms with van der Waals surface area (Å²) in [5, 5.41) is 5.05. The fourth-order valence-corrected chi connectivity index (χ4v) is 3.74. The first kappa shape index (κ1) is 16.8. The van der Waals surface area contributed by atoms with E-state index in [9.17, 15) is 4.79 Å². The number of carbonyl (C=O) groups excluding carboxylic acids is 1. The monoisotopic (exact) mass is 352 g/mol. The summed E-state index contributed by atoms with van der Waals surface area (Å²) >= 11 is 0. The molecule has 4 rings (SSSR count). The van der Waals surface area contributed by atoms with Crippen LogP contribution >= 0.6 is 0 Å². The molecule has 1 amide bonds. The first-order chi connectivity index (χ1) is 12.5. The number of piperazine rings is 1. The third kappa shape index (κ3) is 2.90. The number of carbonyl (C=O) groups is 1. The molecular formula is C20H24N4O2. The van der Waals surface area contributed by atoms with Gasteiger partial charge >= 0.3 is 0 Å². The molecule has 1 fully saturated rings. The Hall–Kier alpha value is -2.60. The Kier molecular flexibility index (Phi) is 4.28. The van der Waals surface area contributed by atoms with Crippen LogP contribution in [0.5, 0.6) is 0 Å². The Morgan fingerprint density at radius 2 is 1.88 bits per heavy atom. The molecule has 3 aromatic rings. The summed E-state index contributed by atoms with van der Waals surface area (Å²) in [6.07, 6.45) is 1.95. The second-order valence-electron chi connectivity index (χ2n) is 7.04. The average Bonchev–Trinajstić information content (AvgIpc) is 3.16. The van der Waals surface area contributed by atoms with Crippen molar-refractivity contribution in [1.82, 2.24) is 19.5 Å². The van der Waals surface area contributed by atoms with Crippen LogP contribution in [0.25, 0.3) is 10.9 Å². The minimum atomic E-state index is 0.124. The van der Waals surface area contributed by atoms with Crippen LogP contribution < -0.4 is 0 Å². The van der Waals surface area contributed by atoms with Crippen LogP contribution in [0.15, 0.2) is 35.0 Å². The van der Waals surface area contributed by atoms with Crippen LogP contribution in [0.1, 0.15) is 27.4 Å². The van der Waals surface area contributed by atoms with Crippen LogP contribution in [0.3, 0.4) is 0 Å². The maximum absolute atomic E-state index is 13.0. The van der Waals surface area contributed by atoms with Gasteiger partial charge in [-0.25, -0.2) is 0 Å². The number of aryl methyl sites for hydroxylation is 3. The highest BCUT2D eigenvalue weighted by atomic mass is 16.5. The highest BCUT2D eigenvalue weighted by molar-refractivity contribution is 6.07. The summed E-state index contributed by atoms with van der Waals surface area (Å²) in [5.41, 5.74) is 4.01. The zero-order chi connectivity index (χ0) is 18.3. The third-order valence-corrected chi connectivity index (χ3v) is 5.35. The number of hydrogen-bond donors (Lipinski definition) is 0. The molecule has 1 aliphatic rings. The van der Waals surface area contributed by atoms with Gasteiger partial charge in [0.25, 0.3) is 5.91 Å². The van der Waals surface area contributed by atoms with Crippen LogP contribution in [0, 0.1) is 13.8 Å². The molecule has 1 saturated heterocycles. The van der Waals surface area contributed by atoms with Crippen molar-refractivity contribution in [2.75, 3.05) is 26.2 Å². The van der Waals surface area contributed by atoms with Gasteiger partial charge in [0.2, 0.25) is 0 Å². The Bertz CT molecular complexity index is 929. The van der Waals surface area contributed by atoms with Crippen LogP contribution in [0.2, 0.25) is 0 Å². The van der Waals surface area contributed by atoms with Crippen molar-refractivity contribution in [3.63, 3.8) is 0 Å². The van der Waals surface area contributed by atoms with Gasteiger partial charge in [-0.2, -0.15) is 0 Å². The highest BCUT2D eigenvalue weighted by Crippen LogP contribution is 2.23. The van der Waals surface area contributed by atoms with Gasteiger partial charge in [-0.05, 0) is 19.9 Å². The maximum atomic E-state index is 13.0. The van der Waals surface area contributed by atoms with Gasteiger partial charge in [-0.3, -0.25) is 9.69 Å². The molecule has 0 atom stereocenters. The summed E-state index contributed by atoms with van der Waals surface area (Å²) in [4.78, 5) is 17.4. The summed E-state index contributed by atoms with van der Waals surface area (Å²) in [6, 6.07) is 8.06. The van der Waals surface area contributed by atoms with E-state index in [1.54, 1.807) is 0 Å². The minimum absolute atomic E-state index is 0.124. The van der Waals surface area contributed by atoms with Gasteiger partial charge in [0, 0.05) is 62.4 Å². The van der Waals surface area contributed by atoms with Crippen LogP contribution in [-0.4, -0.2) is 51.6 Å². The van der Waals surface area contributed by atoms with Gasteiger partial charge in [0.15, 0.2) is 0 Å².